The van der Waals surface area contributed by atoms with Crippen LogP contribution in [0.1, 0.15) is 13.8 Å². The van der Waals surface area contributed by atoms with E-state index in [0.717, 1.165) is 0 Å². The van der Waals surface area contributed by atoms with Crippen molar-refractivity contribution in [3.05, 3.63) is 34.2 Å². The molecule has 0 amide bonds. The third-order valence-corrected chi connectivity index (χ3v) is 4.12. The lowest BCUT2D eigenvalue weighted by Crippen LogP contribution is -2.30. The first-order valence-electron chi connectivity index (χ1n) is 6.10. The molecule has 104 valence electrons. The van der Waals surface area contributed by atoms with Crippen molar-refractivity contribution in [2.24, 2.45) is 5.92 Å². The van der Waals surface area contributed by atoms with Crippen LogP contribution in [0.15, 0.2) is 28.7 Å². The first-order chi connectivity index (χ1) is 8.87. The zero-order chi connectivity index (χ0) is 14.0. The molecule has 19 heavy (non-hydrogen) atoms. The Morgan fingerprint density at radius 1 is 1.53 bits per heavy atom. The molecular weight excluding hydrogens is 266 g/mol. The van der Waals surface area contributed by atoms with Gasteiger partial charge >= 0.3 is 0 Å². The Morgan fingerprint density at radius 2 is 2.26 bits per heavy atom. The molecular formula is C12H17N3O3S. The largest absolute Gasteiger partial charge is 0.358 e. The van der Waals surface area contributed by atoms with Crippen LogP contribution >= 0.6 is 0 Å². The Hall–Kier alpha value is -1.63. The maximum absolute atomic E-state index is 12.1. The molecule has 0 radical (unpaired) electrons. The Balaban J connectivity index is 2.18. The van der Waals surface area contributed by atoms with Crippen molar-refractivity contribution in [2.75, 3.05) is 11.1 Å². The van der Waals surface area contributed by atoms with Crippen molar-refractivity contribution in [1.29, 1.82) is 0 Å². The quantitative estimate of drug-likeness (QED) is 0.876. The van der Waals surface area contributed by atoms with Crippen LogP contribution < -0.4 is 10.9 Å². The predicted molar refractivity (Wildman–Crippen MR) is 73.7 cm³/mol. The van der Waals surface area contributed by atoms with Gasteiger partial charge in [-0.1, -0.05) is 13.8 Å². The molecule has 0 aromatic carbocycles. The van der Waals surface area contributed by atoms with Gasteiger partial charge in [-0.3, -0.25) is 4.79 Å². The van der Waals surface area contributed by atoms with E-state index in [-0.39, 0.29) is 23.2 Å². The van der Waals surface area contributed by atoms with Crippen molar-refractivity contribution < 1.29 is 8.42 Å². The van der Waals surface area contributed by atoms with Gasteiger partial charge < -0.3 is 9.88 Å². The molecule has 1 N–H and O–H groups in total. The third kappa shape index (κ3) is 3.44. The summed E-state index contributed by atoms with van der Waals surface area (Å²) in [5, 5.41) is 4.03. The number of nitrogens with one attached hydrogen (secondary N) is 1. The summed E-state index contributed by atoms with van der Waals surface area (Å²) in [7, 11) is -3.14. The maximum Gasteiger partial charge on any atom is 0.293 e. The molecule has 0 saturated carbocycles. The van der Waals surface area contributed by atoms with E-state index in [4.69, 9.17) is 0 Å². The fraction of sp³-hybridized carbons (Fsp3) is 0.500. The fourth-order valence-electron chi connectivity index (χ4n) is 1.92. The average Bonchev–Trinajstić information content (AvgIpc) is 2.63. The fourth-order valence-corrected chi connectivity index (χ4v) is 3.16. The van der Waals surface area contributed by atoms with Crippen molar-refractivity contribution in [1.82, 2.24) is 9.55 Å². The molecule has 0 bridgehead atoms. The summed E-state index contributed by atoms with van der Waals surface area (Å²) in [4.78, 5) is 16.1. The minimum absolute atomic E-state index is 0.0345. The number of hydrogen-bond acceptors (Lipinski definition) is 5. The van der Waals surface area contributed by atoms with Gasteiger partial charge in [-0.05, 0) is 12.0 Å². The Morgan fingerprint density at radius 3 is 2.84 bits per heavy atom. The number of sulfone groups is 1. The number of anilines is 1. The normalized spacial score (nSPS) is 20.9. The Bertz CT molecular complexity index is 646. The Kier molecular flexibility index (Phi) is 3.75. The van der Waals surface area contributed by atoms with Crippen LogP contribution in [0.2, 0.25) is 0 Å². The minimum atomic E-state index is -3.14. The lowest BCUT2D eigenvalue weighted by atomic mass is 10.2. The molecule has 2 heterocycles. The van der Waals surface area contributed by atoms with Crippen LogP contribution in [-0.2, 0) is 16.4 Å². The predicted octanol–water partition coefficient (Wildman–Crippen LogP) is 0.622. The molecule has 1 aliphatic heterocycles. The molecule has 0 spiro atoms. The monoisotopic (exact) mass is 283 g/mol. The highest BCUT2D eigenvalue weighted by molar-refractivity contribution is 7.94. The maximum atomic E-state index is 12.1. The van der Waals surface area contributed by atoms with E-state index in [1.54, 1.807) is 17.0 Å². The van der Waals surface area contributed by atoms with Crippen molar-refractivity contribution in [3.63, 3.8) is 0 Å². The molecule has 1 aromatic heterocycles. The van der Waals surface area contributed by atoms with Crippen molar-refractivity contribution in [2.45, 2.75) is 26.4 Å². The summed E-state index contributed by atoms with van der Waals surface area (Å²) < 4.78 is 24.2. The second-order valence-corrected chi connectivity index (χ2v) is 6.97. The van der Waals surface area contributed by atoms with E-state index in [9.17, 15) is 13.2 Å². The molecule has 0 fully saturated rings. The second kappa shape index (κ2) is 5.16. The third-order valence-electron chi connectivity index (χ3n) is 2.73. The lowest BCUT2D eigenvalue weighted by molar-refractivity contribution is 0.509. The van der Waals surface area contributed by atoms with Crippen LogP contribution in [-0.4, -0.2) is 29.8 Å². The number of hydrogen-bond donors (Lipinski definition) is 1. The zero-order valence-corrected chi connectivity index (χ0v) is 11.7. The highest BCUT2D eigenvalue weighted by atomic mass is 32.2. The molecule has 7 heteroatoms. The molecule has 6 nitrogen and oxygen atoms in total. The van der Waals surface area contributed by atoms with Crippen molar-refractivity contribution >= 4 is 15.7 Å². The molecule has 1 aliphatic rings. The summed E-state index contributed by atoms with van der Waals surface area (Å²) in [6.07, 6.45) is 4.71. The van der Waals surface area contributed by atoms with Crippen LogP contribution in [0.5, 0.6) is 0 Å². The van der Waals surface area contributed by atoms with Gasteiger partial charge in [-0.25, -0.2) is 13.4 Å². The van der Waals surface area contributed by atoms with Gasteiger partial charge in [0.25, 0.3) is 5.56 Å². The van der Waals surface area contributed by atoms with Gasteiger partial charge in [0.15, 0.2) is 15.7 Å². The smallest absolute Gasteiger partial charge is 0.293 e. The van der Waals surface area contributed by atoms with E-state index in [1.165, 1.54) is 11.5 Å². The summed E-state index contributed by atoms with van der Waals surface area (Å²) in [5.41, 5.74) is -0.228. The van der Waals surface area contributed by atoms with Crippen LogP contribution in [0.4, 0.5) is 5.82 Å². The van der Waals surface area contributed by atoms with E-state index in [1.807, 2.05) is 13.8 Å². The average molecular weight is 283 g/mol. The number of nitrogens with zero attached hydrogens (tertiary/aromatic N) is 2. The molecule has 2 rings (SSSR count). The first-order valence-corrected chi connectivity index (χ1v) is 7.82. The van der Waals surface area contributed by atoms with Gasteiger partial charge in [-0.15, -0.1) is 0 Å². The summed E-state index contributed by atoms with van der Waals surface area (Å²) in [5.74, 6) is 0.502. The summed E-state index contributed by atoms with van der Waals surface area (Å²) in [6.45, 7) is 4.65. The molecule has 0 saturated heterocycles. The van der Waals surface area contributed by atoms with Crippen LogP contribution in [0.3, 0.4) is 0 Å². The van der Waals surface area contributed by atoms with E-state index in [2.05, 4.69) is 10.3 Å². The van der Waals surface area contributed by atoms with Crippen molar-refractivity contribution in [3.8, 4) is 0 Å². The topological polar surface area (TPSA) is 81.1 Å². The Labute approximate surface area is 112 Å². The van der Waals surface area contributed by atoms with Gasteiger partial charge in [0.05, 0.1) is 11.8 Å². The summed E-state index contributed by atoms with van der Waals surface area (Å²) in [6, 6.07) is -0.389. The lowest BCUT2D eigenvalue weighted by Gasteiger charge is -2.13. The number of aromatic nitrogens is 2. The van der Waals surface area contributed by atoms with Gasteiger partial charge in [0, 0.05) is 24.3 Å². The highest BCUT2D eigenvalue weighted by Crippen LogP contribution is 2.11. The zero-order valence-electron chi connectivity index (χ0n) is 10.9. The van der Waals surface area contributed by atoms with E-state index < -0.39 is 9.84 Å². The van der Waals surface area contributed by atoms with Gasteiger partial charge in [0.2, 0.25) is 0 Å². The van der Waals surface area contributed by atoms with Crippen LogP contribution in [0.25, 0.3) is 0 Å². The molecule has 1 aromatic rings. The van der Waals surface area contributed by atoms with Crippen LogP contribution in [0, 0.1) is 5.92 Å². The second-order valence-electron chi connectivity index (χ2n) is 5.04. The standard InChI is InChI=1S/C12H17N3O3S/c1-9(2)7-15-5-4-13-11(12(15)16)14-10-3-6-19(17,18)8-10/h3-6,9-10H,7-8H2,1-2H3,(H,13,14). The van der Waals surface area contributed by atoms with E-state index in [0.29, 0.717) is 12.5 Å². The first kappa shape index (κ1) is 13.8. The molecule has 0 aliphatic carbocycles. The van der Waals surface area contributed by atoms with Gasteiger partial charge in [0.1, 0.15) is 0 Å². The highest BCUT2D eigenvalue weighted by Gasteiger charge is 2.22. The van der Waals surface area contributed by atoms with Gasteiger partial charge in [-0.2, -0.15) is 0 Å². The SMILES string of the molecule is CC(C)Cn1ccnc(NC2C=CS(=O)(=O)C2)c1=O. The molecule has 1 unspecified atom stereocenters. The molecule has 1 atom stereocenters. The van der Waals surface area contributed by atoms with E-state index >= 15 is 0 Å². The summed E-state index contributed by atoms with van der Waals surface area (Å²) >= 11 is 0. The minimum Gasteiger partial charge on any atom is -0.358 e. The number of rotatable bonds is 4.